The van der Waals surface area contributed by atoms with Gasteiger partial charge in [-0.25, -0.2) is 8.78 Å². The molecule has 0 saturated carbocycles. The van der Waals surface area contributed by atoms with Crippen molar-refractivity contribution >= 4 is 28.5 Å². The van der Waals surface area contributed by atoms with Crippen molar-refractivity contribution in [2.75, 3.05) is 0 Å². The van der Waals surface area contributed by atoms with Gasteiger partial charge in [-0.3, -0.25) is 0 Å². The minimum atomic E-state index is -2.01. The van der Waals surface area contributed by atoms with Crippen LogP contribution in [-0.2, 0) is 0 Å². The zero-order valence-corrected chi connectivity index (χ0v) is 8.27. The summed E-state index contributed by atoms with van der Waals surface area (Å²) in [6, 6.07) is 1.14. The van der Waals surface area contributed by atoms with Gasteiger partial charge in [-0.1, -0.05) is 15.9 Å². The Labute approximate surface area is 82.5 Å². The van der Waals surface area contributed by atoms with Crippen molar-refractivity contribution in [1.29, 1.82) is 0 Å². The van der Waals surface area contributed by atoms with Crippen molar-refractivity contribution in [3.8, 4) is 0 Å². The predicted octanol–water partition coefficient (Wildman–Crippen LogP) is 0.716. The summed E-state index contributed by atoms with van der Waals surface area (Å²) in [6.07, 6.45) is 0. The largest absolute Gasteiger partial charge is 0.491 e. The molecule has 0 unspecified atom stereocenters. The van der Waals surface area contributed by atoms with Crippen LogP contribution < -0.4 is 5.46 Å². The molecule has 0 aliphatic heterocycles. The predicted molar refractivity (Wildman–Crippen MR) is 48.6 cm³/mol. The van der Waals surface area contributed by atoms with Gasteiger partial charge >= 0.3 is 7.12 Å². The van der Waals surface area contributed by atoms with E-state index in [9.17, 15) is 8.78 Å². The number of rotatable bonds is 1. The van der Waals surface area contributed by atoms with Gasteiger partial charge in [0.15, 0.2) is 11.6 Å². The molecule has 0 bridgehead atoms. The molecule has 1 aromatic rings. The van der Waals surface area contributed by atoms with E-state index in [0.29, 0.717) is 4.47 Å². The topological polar surface area (TPSA) is 40.5 Å². The fourth-order valence-electron chi connectivity index (χ4n) is 0.892. The van der Waals surface area contributed by atoms with Crippen LogP contribution in [0.4, 0.5) is 8.78 Å². The molecule has 0 atom stereocenters. The molecule has 0 fully saturated rings. The van der Waals surface area contributed by atoms with E-state index in [0.717, 1.165) is 6.07 Å². The minimum absolute atomic E-state index is 0.0990. The number of hydrogen-bond acceptors (Lipinski definition) is 2. The molecular formula is C7H6BBrF2O2. The van der Waals surface area contributed by atoms with Gasteiger partial charge in [-0.2, -0.15) is 0 Å². The van der Waals surface area contributed by atoms with Gasteiger partial charge in [-0.05, 0) is 13.0 Å². The van der Waals surface area contributed by atoms with Crippen molar-refractivity contribution in [2.45, 2.75) is 6.92 Å². The maximum Gasteiger partial charge on any atom is 0.491 e. The first kappa shape index (κ1) is 10.6. The molecule has 0 aliphatic carbocycles. The SMILES string of the molecule is Cc1c(Br)cc(B(O)O)c(F)c1F. The van der Waals surface area contributed by atoms with E-state index in [1.807, 2.05) is 0 Å². The van der Waals surface area contributed by atoms with Gasteiger partial charge in [-0.15, -0.1) is 0 Å². The van der Waals surface area contributed by atoms with E-state index in [-0.39, 0.29) is 5.56 Å². The van der Waals surface area contributed by atoms with Crippen LogP contribution >= 0.6 is 15.9 Å². The van der Waals surface area contributed by atoms with Crippen LogP contribution in [0.5, 0.6) is 0 Å². The summed E-state index contributed by atoms with van der Waals surface area (Å²) in [5.41, 5.74) is -0.378. The lowest BCUT2D eigenvalue weighted by Gasteiger charge is -2.06. The first-order valence-electron chi connectivity index (χ1n) is 3.45. The lowest BCUT2D eigenvalue weighted by Crippen LogP contribution is -2.34. The second-order valence-corrected chi connectivity index (χ2v) is 3.43. The van der Waals surface area contributed by atoms with Gasteiger partial charge in [0.25, 0.3) is 0 Å². The molecule has 70 valence electrons. The normalized spacial score (nSPS) is 10.3. The van der Waals surface area contributed by atoms with Crippen molar-refractivity contribution in [1.82, 2.24) is 0 Å². The van der Waals surface area contributed by atoms with Crippen LogP contribution in [0.2, 0.25) is 0 Å². The number of halogens is 3. The highest BCUT2D eigenvalue weighted by molar-refractivity contribution is 9.10. The van der Waals surface area contributed by atoms with E-state index in [4.69, 9.17) is 10.0 Å². The Hall–Kier alpha value is -0.455. The van der Waals surface area contributed by atoms with Gasteiger partial charge in [0.05, 0.1) is 0 Å². The van der Waals surface area contributed by atoms with Crippen molar-refractivity contribution in [3.05, 3.63) is 27.7 Å². The van der Waals surface area contributed by atoms with Crippen LogP contribution in [0.15, 0.2) is 10.5 Å². The van der Waals surface area contributed by atoms with Gasteiger partial charge < -0.3 is 10.0 Å². The summed E-state index contributed by atoms with van der Waals surface area (Å²) in [4.78, 5) is 0. The second kappa shape index (κ2) is 3.73. The molecule has 13 heavy (non-hydrogen) atoms. The molecular weight excluding hydrogens is 245 g/mol. The Bertz CT molecular complexity index is 344. The molecule has 2 nitrogen and oxygen atoms in total. The van der Waals surface area contributed by atoms with Crippen LogP contribution in [0.3, 0.4) is 0 Å². The second-order valence-electron chi connectivity index (χ2n) is 2.57. The van der Waals surface area contributed by atoms with Crippen molar-refractivity contribution < 1.29 is 18.8 Å². The third-order valence-electron chi connectivity index (χ3n) is 1.69. The fourth-order valence-corrected chi connectivity index (χ4v) is 1.31. The Morgan fingerprint density at radius 2 is 1.85 bits per heavy atom. The Morgan fingerprint density at radius 1 is 1.31 bits per heavy atom. The molecule has 0 aliphatic rings. The molecule has 2 N–H and O–H groups in total. The maximum atomic E-state index is 13.0. The highest BCUT2D eigenvalue weighted by atomic mass is 79.9. The summed E-state index contributed by atoms with van der Waals surface area (Å²) < 4.78 is 26.3. The first-order valence-corrected chi connectivity index (χ1v) is 4.24. The summed E-state index contributed by atoms with van der Waals surface area (Å²) in [6.45, 7) is 1.38. The van der Waals surface area contributed by atoms with E-state index in [1.54, 1.807) is 0 Å². The lowest BCUT2D eigenvalue weighted by molar-refractivity contribution is 0.419. The standard InChI is InChI=1S/C7H6BBrF2O2/c1-3-5(9)2-4(8(12)13)7(11)6(3)10/h2,12-13H,1H3. The van der Waals surface area contributed by atoms with E-state index < -0.39 is 24.2 Å². The summed E-state index contributed by atoms with van der Waals surface area (Å²) >= 11 is 2.97. The van der Waals surface area contributed by atoms with Crippen molar-refractivity contribution in [3.63, 3.8) is 0 Å². The molecule has 6 heteroatoms. The molecule has 0 spiro atoms. The molecule has 0 amide bonds. The molecule has 0 aromatic heterocycles. The third kappa shape index (κ3) is 1.90. The Morgan fingerprint density at radius 3 is 2.31 bits per heavy atom. The van der Waals surface area contributed by atoms with E-state index >= 15 is 0 Å². The number of benzene rings is 1. The van der Waals surface area contributed by atoms with Gasteiger partial charge in [0, 0.05) is 15.5 Å². The summed E-state index contributed by atoms with van der Waals surface area (Å²) in [5, 5.41) is 17.3. The van der Waals surface area contributed by atoms with Crippen LogP contribution in [0.25, 0.3) is 0 Å². The Balaban J connectivity index is 3.41. The third-order valence-corrected chi connectivity index (χ3v) is 2.52. The monoisotopic (exact) mass is 250 g/mol. The summed E-state index contributed by atoms with van der Waals surface area (Å²) in [7, 11) is -2.01. The molecule has 0 radical (unpaired) electrons. The summed E-state index contributed by atoms with van der Waals surface area (Å²) in [5.74, 6) is -2.30. The molecule has 0 heterocycles. The lowest BCUT2D eigenvalue weighted by atomic mass is 9.79. The van der Waals surface area contributed by atoms with Crippen LogP contribution in [0, 0.1) is 18.6 Å². The zero-order chi connectivity index (χ0) is 10.2. The number of hydrogen-bond donors (Lipinski definition) is 2. The van der Waals surface area contributed by atoms with Crippen LogP contribution in [0.1, 0.15) is 5.56 Å². The van der Waals surface area contributed by atoms with Crippen molar-refractivity contribution in [2.24, 2.45) is 0 Å². The van der Waals surface area contributed by atoms with E-state index in [1.165, 1.54) is 6.92 Å². The average molecular weight is 251 g/mol. The Kier molecular flexibility index (Phi) is 3.05. The quantitative estimate of drug-likeness (QED) is 0.570. The van der Waals surface area contributed by atoms with Gasteiger partial charge in [0.1, 0.15) is 0 Å². The maximum absolute atomic E-state index is 13.0. The zero-order valence-electron chi connectivity index (χ0n) is 6.68. The highest BCUT2D eigenvalue weighted by Gasteiger charge is 2.22. The van der Waals surface area contributed by atoms with Crippen LogP contribution in [-0.4, -0.2) is 17.2 Å². The highest BCUT2D eigenvalue weighted by Crippen LogP contribution is 2.19. The van der Waals surface area contributed by atoms with E-state index in [2.05, 4.69) is 15.9 Å². The molecule has 1 aromatic carbocycles. The average Bonchev–Trinajstić information content (AvgIpc) is 2.07. The fraction of sp³-hybridized carbons (Fsp3) is 0.143. The smallest absolute Gasteiger partial charge is 0.423 e. The molecule has 1 rings (SSSR count). The minimum Gasteiger partial charge on any atom is -0.423 e. The molecule has 0 saturated heterocycles. The van der Waals surface area contributed by atoms with Gasteiger partial charge in [0.2, 0.25) is 0 Å². The first-order chi connectivity index (χ1) is 5.95.